The van der Waals surface area contributed by atoms with E-state index in [0.29, 0.717) is 48.7 Å². The summed E-state index contributed by atoms with van der Waals surface area (Å²) < 4.78 is 32.8. The van der Waals surface area contributed by atoms with Gasteiger partial charge in [0, 0.05) is 0 Å². The smallest absolute Gasteiger partial charge is 0.231 e. The largest absolute Gasteiger partial charge is 0.504 e. The zero-order chi connectivity index (χ0) is 27.6. The summed E-state index contributed by atoms with van der Waals surface area (Å²) in [5.74, 6) is 3.64. The molecule has 6 rings (SSSR count). The van der Waals surface area contributed by atoms with E-state index < -0.39 is 0 Å². The third kappa shape index (κ3) is 5.00. The van der Waals surface area contributed by atoms with Crippen molar-refractivity contribution in [1.29, 1.82) is 0 Å². The van der Waals surface area contributed by atoms with E-state index in [9.17, 15) is 10.2 Å². The fourth-order valence-corrected chi connectivity index (χ4v) is 5.27. The lowest BCUT2D eigenvalue weighted by Crippen LogP contribution is -2.00. The maximum atomic E-state index is 10.4. The van der Waals surface area contributed by atoms with E-state index in [1.54, 1.807) is 26.4 Å². The Bertz CT molecular complexity index is 1440. The molecule has 8 nitrogen and oxygen atoms in total. The molecule has 2 N–H and O–H groups in total. The molecule has 0 atom stereocenters. The van der Waals surface area contributed by atoms with Crippen molar-refractivity contribution in [1.82, 2.24) is 0 Å². The molecule has 0 bridgehead atoms. The number of fused-ring (bicyclic) bond motifs is 2. The van der Waals surface area contributed by atoms with Crippen LogP contribution in [0.25, 0.3) is 11.1 Å². The van der Waals surface area contributed by atoms with Crippen molar-refractivity contribution >= 4 is 0 Å². The molecule has 2 aliphatic heterocycles. The van der Waals surface area contributed by atoms with Crippen LogP contribution in [-0.2, 0) is 25.7 Å². The van der Waals surface area contributed by atoms with Crippen molar-refractivity contribution in [2.45, 2.75) is 25.7 Å². The van der Waals surface area contributed by atoms with Crippen molar-refractivity contribution in [3.05, 3.63) is 82.9 Å². The van der Waals surface area contributed by atoms with E-state index in [1.165, 1.54) is 0 Å². The molecule has 0 aromatic heterocycles. The van der Waals surface area contributed by atoms with Crippen LogP contribution in [0, 0.1) is 0 Å². The molecule has 0 spiro atoms. The Hall–Kier alpha value is -4.72. The number of rotatable bonds is 9. The molecule has 2 aliphatic rings. The fourth-order valence-electron chi connectivity index (χ4n) is 5.27. The zero-order valence-electron chi connectivity index (χ0n) is 22.4. The van der Waals surface area contributed by atoms with E-state index in [-0.39, 0.29) is 25.1 Å². The number of phenolic OH excluding ortho intramolecular Hbond substituents is 2. The number of aromatic hydroxyl groups is 2. The molecule has 0 radical (unpaired) electrons. The summed E-state index contributed by atoms with van der Waals surface area (Å²) in [6, 6.07) is 19.5. The van der Waals surface area contributed by atoms with Crippen molar-refractivity contribution in [3.63, 3.8) is 0 Å². The van der Waals surface area contributed by atoms with Gasteiger partial charge in [-0.1, -0.05) is 12.1 Å². The van der Waals surface area contributed by atoms with Gasteiger partial charge < -0.3 is 38.6 Å². The van der Waals surface area contributed by atoms with E-state index in [1.807, 2.05) is 24.3 Å². The Labute approximate surface area is 232 Å². The number of aryl methyl sites for hydroxylation is 4. The van der Waals surface area contributed by atoms with Gasteiger partial charge in [-0.25, -0.2) is 0 Å². The lowest BCUT2D eigenvalue weighted by molar-refractivity contribution is 0.171. The normalized spacial score (nSPS) is 12.9. The van der Waals surface area contributed by atoms with Crippen molar-refractivity contribution in [2.75, 3.05) is 27.8 Å². The molecule has 0 amide bonds. The van der Waals surface area contributed by atoms with Crippen LogP contribution in [0.1, 0.15) is 22.3 Å². The maximum absolute atomic E-state index is 10.4. The Morgan fingerprint density at radius 2 is 1.02 bits per heavy atom. The molecule has 8 heteroatoms. The van der Waals surface area contributed by atoms with Crippen LogP contribution >= 0.6 is 0 Å². The molecule has 4 aromatic rings. The lowest BCUT2D eigenvalue weighted by Gasteiger charge is -2.17. The predicted octanol–water partition coefficient (Wildman–Crippen LogP) is 5.81. The predicted molar refractivity (Wildman–Crippen MR) is 148 cm³/mol. The highest BCUT2D eigenvalue weighted by Crippen LogP contribution is 2.43. The summed E-state index contributed by atoms with van der Waals surface area (Å²) in [5.41, 5.74) is 6.32. The Balaban J connectivity index is 1.30. The van der Waals surface area contributed by atoms with E-state index in [0.717, 1.165) is 44.9 Å². The number of ether oxygens (including phenoxy) is 6. The summed E-state index contributed by atoms with van der Waals surface area (Å²) in [6.07, 6.45) is 2.80. The summed E-state index contributed by atoms with van der Waals surface area (Å²) in [4.78, 5) is 0. The highest BCUT2D eigenvalue weighted by Gasteiger charge is 2.21. The highest BCUT2D eigenvalue weighted by molar-refractivity contribution is 5.73. The Morgan fingerprint density at radius 3 is 1.45 bits per heavy atom. The van der Waals surface area contributed by atoms with Gasteiger partial charge in [0.15, 0.2) is 23.0 Å². The summed E-state index contributed by atoms with van der Waals surface area (Å²) in [6.45, 7) is 0.219. The van der Waals surface area contributed by atoms with Crippen LogP contribution < -0.4 is 28.4 Å². The van der Waals surface area contributed by atoms with Gasteiger partial charge in [-0.05, 0) is 108 Å². The first-order valence-corrected chi connectivity index (χ1v) is 13.1. The minimum Gasteiger partial charge on any atom is -0.504 e. The molecule has 4 aromatic carbocycles. The molecule has 0 unspecified atom stereocenters. The second kappa shape index (κ2) is 10.8. The second-order valence-electron chi connectivity index (χ2n) is 9.74. The molecular formula is C32H30O8. The van der Waals surface area contributed by atoms with Crippen LogP contribution in [0.15, 0.2) is 60.7 Å². The average molecular weight is 543 g/mol. The van der Waals surface area contributed by atoms with Gasteiger partial charge in [0.2, 0.25) is 25.1 Å². The van der Waals surface area contributed by atoms with E-state index in [4.69, 9.17) is 28.4 Å². The van der Waals surface area contributed by atoms with Gasteiger partial charge >= 0.3 is 0 Å². The molecule has 0 saturated carbocycles. The molecular weight excluding hydrogens is 512 g/mol. The van der Waals surface area contributed by atoms with Crippen LogP contribution in [0.2, 0.25) is 0 Å². The van der Waals surface area contributed by atoms with Crippen molar-refractivity contribution < 1.29 is 38.6 Å². The molecule has 0 aliphatic carbocycles. The molecule has 0 fully saturated rings. The molecule has 206 valence electrons. The van der Waals surface area contributed by atoms with Gasteiger partial charge in [-0.15, -0.1) is 0 Å². The van der Waals surface area contributed by atoms with Crippen LogP contribution in [0.5, 0.6) is 46.0 Å². The summed E-state index contributed by atoms with van der Waals surface area (Å²) in [7, 11) is 3.32. The first kappa shape index (κ1) is 25.6. The SMILES string of the molecule is COc1ccc(-c2ccc(OC)cc2CCc2cc(O)c3c(c2)OCO3)c(CCc2cc(O)c3c(c2)OCO3)c1. The fraction of sp³-hybridized carbons (Fsp3) is 0.250. The number of methoxy groups -OCH3 is 2. The number of hydrogen-bond acceptors (Lipinski definition) is 8. The molecule has 2 heterocycles. The number of hydrogen-bond donors (Lipinski definition) is 2. The van der Waals surface area contributed by atoms with Crippen LogP contribution in [0.3, 0.4) is 0 Å². The van der Waals surface area contributed by atoms with Crippen molar-refractivity contribution in [2.24, 2.45) is 0 Å². The van der Waals surface area contributed by atoms with E-state index in [2.05, 4.69) is 24.3 Å². The van der Waals surface area contributed by atoms with Gasteiger partial charge in [0.05, 0.1) is 14.2 Å². The lowest BCUT2D eigenvalue weighted by atomic mass is 9.89. The quantitative estimate of drug-likeness (QED) is 0.274. The summed E-state index contributed by atoms with van der Waals surface area (Å²) >= 11 is 0. The van der Waals surface area contributed by atoms with Crippen molar-refractivity contribution in [3.8, 4) is 57.1 Å². The topological polar surface area (TPSA) is 95.8 Å². The number of benzene rings is 4. The second-order valence-corrected chi connectivity index (χ2v) is 9.74. The highest BCUT2D eigenvalue weighted by atomic mass is 16.7. The van der Waals surface area contributed by atoms with E-state index >= 15 is 0 Å². The third-order valence-corrected chi connectivity index (χ3v) is 7.31. The number of phenols is 2. The van der Waals surface area contributed by atoms with Crippen LogP contribution in [-0.4, -0.2) is 38.0 Å². The summed E-state index contributed by atoms with van der Waals surface area (Å²) in [5, 5.41) is 20.7. The van der Waals surface area contributed by atoms with Gasteiger partial charge in [0.25, 0.3) is 0 Å². The molecule has 40 heavy (non-hydrogen) atoms. The third-order valence-electron chi connectivity index (χ3n) is 7.31. The standard InChI is InChI=1S/C32H30O8/c1-35-23-7-9-25(21(15-23)5-3-19-11-27(33)31-29(13-19)37-17-39-31)26-10-8-24(36-2)16-22(26)6-4-20-12-28(34)32-30(14-20)38-18-40-32/h7-16,33-34H,3-6,17-18H2,1-2H3. The van der Waals surface area contributed by atoms with Gasteiger partial charge in [-0.3, -0.25) is 0 Å². The van der Waals surface area contributed by atoms with Gasteiger partial charge in [-0.2, -0.15) is 0 Å². The monoisotopic (exact) mass is 542 g/mol. The average Bonchev–Trinajstić information content (AvgIpc) is 3.65. The van der Waals surface area contributed by atoms with Crippen LogP contribution in [0.4, 0.5) is 0 Å². The Morgan fingerprint density at radius 1 is 0.575 bits per heavy atom. The first-order chi connectivity index (χ1) is 19.5. The molecule has 0 saturated heterocycles. The van der Waals surface area contributed by atoms with Gasteiger partial charge in [0.1, 0.15) is 11.5 Å². The minimum absolute atomic E-state index is 0.0860. The zero-order valence-corrected chi connectivity index (χ0v) is 22.4. The minimum atomic E-state index is 0.0860. The first-order valence-electron chi connectivity index (χ1n) is 13.1. The maximum Gasteiger partial charge on any atom is 0.231 e. The Kier molecular flexibility index (Phi) is 6.90.